The van der Waals surface area contributed by atoms with Gasteiger partial charge in [-0.05, 0) is 0 Å². The van der Waals surface area contributed by atoms with E-state index >= 15 is 0 Å². The topological polar surface area (TPSA) is 38.4 Å². The fraction of sp³-hybridized carbons (Fsp3) is 0. The molecular weight excluding hydrogens is 104 g/mol. The number of rotatable bonds is 0. The van der Waals surface area contributed by atoms with Gasteiger partial charge >= 0.3 is 10.4 Å². The van der Waals surface area contributed by atoms with Crippen molar-refractivity contribution in [3.8, 4) is 0 Å². The molecule has 0 aromatic heterocycles. The van der Waals surface area contributed by atoms with Gasteiger partial charge in [-0.15, -0.1) is 0 Å². The summed E-state index contributed by atoms with van der Waals surface area (Å²) in [7, 11) is 0.404. The first-order valence-electron chi connectivity index (χ1n) is 1.03. The van der Waals surface area contributed by atoms with Gasteiger partial charge in [-0.25, -0.2) is 0 Å². The van der Waals surface area contributed by atoms with Gasteiger partial charge in [0.15, 0.2) is 0 Å². The first-order valence-corrected chi connectivity index (χ1v) is 2.32. The zero-order valence-corrected chi connectivity index (χ0v) is 5.64. The van der Waals surface area contributed by atoms with E-state index in [0.717, 1.165) is 0 Å². The van der Waals surface area contributed by atoms with E-state index in [-0.39, 0.29) is 0 Å². The van der Waals surface area contributed by atoms with E-state index in [1.165, 1.54) is 0 Å². The lowest BCUT2D eigenvalue weighted by atomic mass is 13.0. The van der Waals surface area contributed by atoms with Crippen molar-refractivity contribution < 1.29 is 4.53 Å². The van der Waals surface area contributed by atoms with Gasteiger partial charge in [-0.2, -0.15) is 4.53 Å². The van der Waals surface area contributed by atoms with Gasteiger partial charge in [0, 0.05) is 17.3 Å². The van der Waals surface area contributed by atoms with Crippen LogP contribution in [0.25, 0.3) is 0 Å². The Labute approximate surface area is 38.3 Å². The summed E-state index contributed by atoms with van der Waals surface area (Å²) in [5.74, 6) is 0. The number of thiol groups is 1. The summed E-state index contributed by atoms with van der Waals surface area (Å²) in [6, 6.07) is 0. The molecule has 0 saturated heterocycles. The van der Waals surface area contributed by atoms with E-state index in [2.05, 4.69) is 17.3 Å². The standard InChI is InChI=1S/H4N2OSSi/c3-2(5)1-4/h4H,5H3/b2-1+. The summed E-state index contributed by atoms with van der Waals surface area (Å²) in [6.45, 7) is 0. The summed E-state index contributed by atoms with van der Waals surface area (Å²) in [5, 5.41) is 9.55. The zero-order chi connectivity index (χ0) is 4.28. The highest BCUT2D eigenvalue weighted by molar-refractivity contribution is 7.78. The van der Waals surface area contributed by atoms with Crippen LogP contribution in [-0.2, 0) is 0 Å². The molecule has 30 valence electrons. The fourth-order valence-electron chi connectivity index (χ4n) is 0. The third kappa shape index (κ3) is 3.97. The van der Waals surface area contributed by atoms with Crippen LogP contribution < -0.4 is 0 Å². The molecule has 0 aromatic carbocycles. The molecule has 0 rings (SSSR count). The van der Waals surface area contributed by atoms with Crippen LogP contribution in [0.15, 0.2) is 4.52 Å². The molecule has 0 amide bonds. The van der Waals surface area contributed by atoms with Crippen LogP contribution in [-0.4, -0.2) is 14.9 Å². The Morgan fingerprint density at radius 2 is 2.20 bits per heavy atom. The van der Waals surface area contributed by atoms with Gasteiger partial charge in [-0.3, -0.25) is 0 Å². The highest BCUT2D eigenvalue weighted by Gasteiger charge is 1.60. The Morgan fingerprint density at radius 3 is 2.20 bits per heavy atom. The van der Waals surface area contributed by atoms with Gasteiger partial charge < -0.3 is 5.21 Å². The second-order valence-electron chi connectivity index (χ2n) is 0.554. The van der Waals surface area contributed by atoms with E-state index in [9.17, 15) is 5.21 Å². The molecule has 0 aliphatic carbocycles. The Morgan fingerprint density at radius 1 is 2.00 bits per heavy atom. The molecule has 0 aliphatic heterocycles. The van der Waals surface area contributed by atoms with E-state index in [1.807, 2.05) is 0 Å². The summed E-state index contributed by atoms with van der Waals surface area (Å²) in [4.78, 5) is 0. The van der Waals surface area contributed by atoms with Crippen molar-refractivity contribution in [1.82, 2.24) is 0 Å². The number of hydrogen-bond donors (Lipinski definition) is 1. The molecule has 0 spiro atoms. The molecule has 3 nitrogen and oxygen atoms in total. The SMILES string of the molecule is [O-]/[N+]([SiH3])=N\S. The summed E-state index contributed by atoms with van der Waals surface area (Å²) in [5.41, 5.74) is 0. The molecule has 5 heteroatoms. The van der Waals surface area contributed by atoms with Gasteiger partial charge in [0.1, 0.15) is 0 Å². The Balaban J connectivity index is 3.14. The average molecular weight is 108 g/mol. The molecule has 0 N–H and O–H groups in total. The van der Waals surface area contributed by atoms with E-state index in [0.29, 0.717) is 14.9 Å². The van der Waals surface area contributed by atoms with Crippen molar-refractivity contribution in [2.24, 2.45) is 4.52 Å². The zero-order valence-electron chi connectivity index (χ0n) is 2.75. The summed E-state index contributed by atoms with van der Waals surface area (Å²) < 4.78 is 3.43. The average Bonchev–Trinajstić information content (AvgIpc) is 1.38. The van der Waals surface area contributed by atoms with Gasteiger partial charge in [-0.1, -0.05) is 0 Å². The molecule has 0 heterocycles. The van der Waals surface area contributed by atoms with Gasteiger partial charge in [0.25, 0.3) is 0 Å². The Kier molecular flexibility index (Phi) is 2.20. The van der Waals surface area contributed by atoms with Crippen LogP contribution in [0.3, 0.4) is 0 Å². The molecule has 0 atom stereocenters. The third-order valence-electron chi connectivity index (χ3n) is 0.126. The number of nitrogens with zero attached hydrogens (tertiary/aromatic N) is 2. The molecule has 0 aliphatic rings. The minimum atomic E-state index is 0.404. The largest absolute Gasteiger partial charge is 0.621 e. The monoisotopic (exact) mass is 108 g/mol. The van der Waals surface area contributed by atoms with E-state index in [1.54, 1.807) is 0 Å². The fourth-order valence-corrected chi connectivity index (χ4v) is 0. The maximum Gasteiger partial charge on any atom is 0.355 e. The van der Waals surface area contributed by atoms with Crippen molar-refractivity contribution in [1.29, 1.82) is 0 Å². The molecule has 0 bridgehead atoms. The van der Waals surface area contributed by atoms with Crippen LogP contribution in [0.5, 0.6) is 0 Å². The Bertz CT molecular complexity index is 47.6. The molecule has 0 radical (unpaired) electrons. The summed E-state index contributed by atoms with van der Waals surface area (Å²) in [6.07, 6.45) is 0. The molecule has 0 saturated carbocycles. The third-order valence-corrected chi connectivity index (χ3v) is 0.915. The van der Waals surface area contributed by atoms with Gasteiger partial charge in [0.05, 0.1) is 0 Å². The van der Waals surface area contributed by atoms with Crippen molar-refractivity contribution in [3.63, 3.8) is 0 Å². The normalized spacial score (nSPS) is 12.6. The minimum absolute atomic E-state index is 0.404. The van der Waals surface area contributed by atoms with Crippen molar-refractivity contribution in [3.05, 3.63) is 5.21 Å². The van der Waals surface area contributed by atoms with Crippen LogP contribution >= 0.6 is 12.8 Å². The lowest BCUT2D eigenvalue weighted by Gasteiger charge is -1.83. The lowest BCUT2D eigenvalue weighted by Crippen LogP contribution is -1.85. The second-order valence-corrected chi connectivity index (χ2v) is 1.50. The van der Waals surface area contributed by atoms with Crippen molar-refractivity contribution in [2.75, 3.05) is 0 Å². The first-order chi connectivity index (χ1) is 2.27. The molecule has 0 fully saturated rings. The van der Waals surface area contributed by atoms with E-state index < -0.39 is 0 Å². The molecule has 0 aromatic rings. The highest BCUT2D eigenvalue weighted by atomic mass is 32.1. The second kappa shape index (κ2) is 2.22. The van der Waals surface area contributed by atoms with Crippen LogP contribution in [0, 0.1) is 5.21 Å². The quantitative estimate of drug-likeness (QED) is 0.185. The minimum Gasteiger partial charge on any atom is -0.621 e. The lowest BCUT2D eigenvalue weighted by molar-refractivity contribution is -0.359. The predicted molar refractivity (Wildman–Crippen MR) is 25.0 cm³/mol. The van der Waals surface area contributed by atoms with Crippen LogP contribution in [0.2, 0.25) is 0 Å². The highest BCUT2D eigenvalue weighted by Crippen LogP contribution is 1.69. The first kappa shape index (κ1) is 4.97. The Hall–Kier alpha value is -0.0331. The van der Waals surface area contributed by atoms with E-state index in [4.69, 9.17) is 0 Å². The van der Waals surface area contributed by atoms with Crippen molar-refractivity contribution >= 4 is 23.2 Å². The maximum absolute atomic E-state index is 9.55. The van der Waals surface area contributed by atoms with Crippen LogP contribution in [0.1, 0.15) is 0 Å². The molecular formula is H4N2OSSi. The van der Waals surface area contributed by atoms with Gasteiger partial charge in [0.2, 0.25) is 0 Å². The maximum atomic E-state index is 9.55. The number of hydrogen-bond acceptors (Lipinski definition) is 2. The summed E-state index contributed by atoms with van der Waals surface area (Å²) >= 11 is 3.29. The molecule has 0 unspecified atom stereocenters. The molecule has 5 heavy (non-hydrogen) atoms. The smallest absolute Gasteiger partial charge is 0.355 e. The van der Waals surface area contributed by atoms with Crippen LogP contribution in [0.4, 0.5) is 0 Å². The predicted octanol–water partition coefficient (Wildman–Crippen LogP) is -0.926. The van der Waals surface area contributed by atoms with Crippen molar-refractivity contribution in [2.45, 2.75) is 0 Å².